The van der Waals surface area contributed by atoms with Crippen LogP contribution in [-0.4, -0.2) is 73.6 Å². The summed E-state index contributed by atoms with van der Waals surface area (Å²) < 4.78 is 23.3. The Labute approximate surface area is 154 Å². The number of benzene rings is 1. The third kappa shape index (κ3) is 4.77. The maximum absolute atomic E-state index is 12.5. The van der Waals surface area contributed by atoms with Gasteiger partial charge in [-0.1, -0.05) is 17.7 Å². The molecule has 138 valence electrons. The highest BCUT2D eigenvalue weighted by atomic mass is 32.2. The molecule has 1 amide bonds. The minimum absolute atomic E-state index is 0.145. The number of hydrogen-bond acceptors (Lipinski definition) is 5. The predicted octanol–water partition coefficient (Wildman–Crippen LogP) is 1.73. The Morgan fingerprint density at radius 3 is 2.56 bits per heavy atom. The fourth-order valence-electron chi connectivity index (χ4n) is 3.49. The molecule has 2 saturated heterocycles. The van der Waals surface area contributed by atoms with Crippen LogP contribution in [0.4, 0.5) is 0 Å². The van der Waals surface area contributed by atoms with Gasteiger partial charge in [-0.2, -0.15) is 0 Å². The summed E-state index contributed by atoms with van der Waals surface area (Å²) in [5.74, 6) is 1.22. The fourth-order valence-corrected chi connectivity index (χ4v) is 6.28. The van der Waals surface area contributed by atoms with Crippen molar-refractivity contribution in [3.8, 4) is 0 Å². The van der Waals surface area contributed by atoms with Gasteiger partial charge in [-0.15, -0.1) is 11.8 Å². The summed E-state index contributed by atoms with van der Waals surface area (Å²) in [5, 5.41) is 0. The summed E-state index contributed by atoms with van der Waals surface area (Å²) in [4.78, 5) is 17.8. The standard InChI is InChI=1S/C18H26N2O3S2/c1-14-3-4-15(2)17(11-14)24-12-18(21)20-8-6-19(7-9-20)16-5-10-25(22,23)13-16/h3-4,11,16H,5-10,12-13H2,1-2H3. The van der Waals surface area contributed by atoms with E-state index in [2.05, 4.69) is 36.9 Å². The highest BCUT2D eigenvalue weighted by Crippen LogP contribution is 2.24. The Hall–Kier alpha value is -1.05. The number of aryl methyl sites for hydroxylation is 2. The van der Waals surface area contributed by atoms with E-state index in [1.165, 1.54) is 16.0 Å². The topological polar surface area (TPSA) is 57.7 Å². The molecule has 0 bridgehead atoms. The minimum atomic E-state index is -2.85. The van der Waals surface area contributed by atoms with Gasteiger partial charge in [0.2, 0.25) is 5.91 Å². The second-order valence-electron chi connectivity index (χ2n) is 7.03. The maximum atomic E-state index is 12.5. The van der Waals surface area contributed by atoms with Crippen LogP contribution in [0.3, 0.4) is 0 Å². The molecule has 0 aliphatic carbocycles. The number of sulfone groups is 1. The largest absolute Gasteiger partial charge is 0.339 e. The van der Waals surface area contributed by atoms with Gasteiger partial charge in [0.25, 0.3) is 0 Å². The van der Waals surface area contributed by atoms with Crippen LogP contribution < -0.4 is 0 Å². The molecule has 2 fully saturated rings. The van der Waals surface area contributed by atoms with Gasteiger partial charge in [0.05, 0.1) is 17.3 Å². The van der Waals surface area contributed by atoms with Crippen molar-refractivity contribution >= 4 is 27.5 Å². The smallest absolute Gasteiger partial charge is 0.233 e. The Bertz CT molecular complexity index is 741. The zero-order valence-corrected chi connectivity index (χ0v) is 16.5. The van der Waals surface area contributed by atoms with E-state index in [1.807, 2.05) is 4.90 Å². The number of carbonyl (C=O) groups excluding carboxylic acids is 1. The molecule has 3 rings (SSSR count). The predicted molar refractivity (Wildman–Crippen MR) is 102 cm³/mol. The van der Waals surface area contributed by atoms with E-state index in [-0.39, 0.29) is 17.7 Å². The van der Waals surface area contributed by atoms with Gasteiger partial charge in [-0.25, -0.2) is 8.42 Å². The number of nitrogens with zero attached hydrogens (tertiary/aromatic N) is 2. The van der Waals surface area contributed by atoms with Crippen molar-refractivity contribution < 1.29 is 13.2 Å². The van der Waals surface area contributed by atoms with Crippen LogP contribution in [0.25, 0.3) is 0 Å². The second-order valence-corrected chi connectivity index (χ2v) is 10.3. The normalized spacial score (nSPS) is 23.8. The zero-order chi connectivity index (χ0) is 18.0. The lowest BCUT2D eigenvalue weighted by molar-refractivity contribution is -0.130. The number of amides is 1. The molecule has 1 aromatic rings. The van der Waals surface area contributed by atoms with Crippen molar-refractivity contribution in [3.05, 3.63) is 29.3 Å². The Kier molecular flexibility index (Phi) is 5.75. The average Bonchev–Trinajstić information content (AvgIpc) is 2.95. The monoisotopic (exact) mass is 382 g/mol. The first-order valence-corrected chi connectivity index (χ1v) is 11.6. The molecule has 0 spiro atoms. The van der Waals surface area contributed by atoms with Crippen molar-refractivity contribution in [3.63, 3.8) is 0 Å². The third-order valence-electron chi connectivity index (χ3n) is 5.09. The van der Waals surface area contributed by atoms with Gasteiger partial charge in [-0.05, 0) is 31.9 Å². The molecular formula is C18H26N2O3S2. The molecule has 0 N–H and O–H groups in total. The molecule has 7 heteroatoms. The van der Waals surface area contributed by atoms with E-state index in [0.717, 1.165) is 19.5 Å². The molecule has 1 unspecified atom stereocenters. The quantitative estimate of drug-likeness (QED) is 0.743. The van der Waals surface area contributed by atoms with Crippen LogP contribution in [0.2, 0.25) is 0 Å². The van der Waals surface area contributed by atoms with E-state index in [0.29, 0.717) is 24.6 Å². The fraction of sp³-hybridized carbons (Fsp3) is 0.611. The van der Waals surface area contributed by atoms with Gasteiger partial charge in [-0.3, -0.25) is 9.69 Å². The minimum Gasteiger partial charge on any atom is -0.339 e. The summed E-state index contributed by atoms with van der Waals surface area (Å²) in [5.41, 5.74) is 2.41. The van der Waals surface area contributed by atoms with Crippen LogP contribution >= 0.6 is 11.8 Å². The molecule has 2 heterocycles. The van der Waals surface area contributed by atoms with Gasteiger partial charge >= 0.3 is 0 Å². The summed E-state index contributed by atoms with van der Waals surface area (Å²) in [6.45, 7) is 7.08. The first kappa shape index (κ1) is 18.7. The SMILES string of the molecule is Cc1ccc(C)c(SCC(=O)N2CCN(C3CCS(=O)(=O)C3)CC2)c1. The lowest BCUT2D eigenvalue weighted by Crippen LogP contribution is -2.52. The van der Waals surface area contributed by atoms with Gasteiger partial charge < -0.3 is 4.90 Å². The van der Waals surface area contributed by atoms with E-state index >= 15 is 0 Å². The van der Waals surface area contributed by atoms with Crippen LogP contribution in [0.1, 0.15) is 17.5 Å². The van der Waals surface area contributed by atoms with Gasteiger partial charge in [0.1, 0.15) is 0 Å². The average molecular weight is 383 g/mol. The van der Waals surface area contributed by atoms with Crippen molar-refractivity contribution in [2.24, 2.45) is 0 Å². The molecule has 2 aliphatic heterocycles. The zero-order valence-electron chi connectivity index (χ0n) is 14.9. The van der Waals surface area contributed by atoms with Crippen molar-refractivity contribution in [2.45, 2.75) is 31.2 Å². The second kappa shape index (κ2) is 7.68. The first-order valence-electron chi connectivity index (χ1n) is 8.76. The lowest BCUT2D eigenvalue weighted by Gasteiger charge is -2.37. The molecule has 0 saturated carbocycles. The molecule has 25 heavy (non-hydrogen) atoms. The number of hydrogen-bond donors (Lipinski definition) is 0. The highest BCUT2D eigenvalue weighted by molar-refractivity contribution is 8.00. The summed E-state index contributed by atoms with van der Waals surface area (Å²) in [6, 6.07) is 6.46. The Morgan fingerprint density at radius 1 is 1.20 bits per heavy atom. The van der Waals surface area contributed by atoms with Crippen molar-refractivity contribution in [1.82, 2.24) is 9.80 Å². The number of carbonyl (C=O) groups is 1. The Balaban J connectivity index is 1.48. The van der Waals surface area contributed by atoms with Crippen molar-refractivity contribution in [2.75, 3.05) is 43.4 Å². The van der Waals surface area contributed by atoms with Crippen LogP contribution in [0.15, 0.2) is 23.1 Å². The van der Waals surface area contributed by atoms with Gasteiger partial charge in [0.15, 0.2) is 9.84 Å². The molecule has 2 aliphatic rings. The molecule has 0 aromatic heterocycles. The lowest BCUT2D eigenvalue weighted by atomic mass is 10.2. The van der Waals surface area contributed by atoms with Crippen LogP contribution in [-0.2, 0) is 14.6 Å². The molecule has 0 radical (unpaired) electrons. The van der Waals surface area contributed by atoms with E-state index in [4.69, 9.17) is 0 Å². The summed E-state index contributed by atoms with van der Waals surface area (Å²) in [7, 11) is -2.85. The number of rotatable bonds is 4. The van der Waals surface area contributed by atoms with Crippen molar-refractivity contribution in [1.29, 1.82) is 0 Å². The first-order chi connectivity index (χ1) is 11.8. The van der Waals surface area contributed by atoms with Gasteiger partial charge in [0, 0.05) is 37.1 Å². The van der Waals surface area contributed by atoms with Crippen LogP contribution in [0.5, 0.6) is 0 Å². The number of piperazine rings is 1. The Morgan fingerprint density at radius 2 is 1.92 bits per heavy atom. The molecule has 1 atom stereocenters. The molecule has 1 aromatic carbocycles. The summed E-state index contributed by atoms with van der Waals surface area (Å²) >= 11 is 1.60. The summed E-state index contributed by atoms with van der Waals surface area (Å²) in [6.07, 6.45) is 0.735. The van der Waals surface area contributed by atoms with E-state index in [1.54, 1.807) is 11.8 Å². The highest BCUT2D eigenvalue weighted by Gasteiger charge is 2.34. The maximum Gasteiger partial charge on any atom is 0.233 e. The molecular weight excluding hydrogens is 356 g/mol. The van der Waals surface area contributed by atoms with Crippen LogP contribution in [0, 0.1) is 13.8 Å². The molecule has 5 nitrogen and oxygen atoms in total. The third-order valence-corrected chi connectivity index (χ3v) is 7.98. The number of thioether (sulfide) groups is 1. The van der Waals surface area contributed by atoms with E-state index in [9.17, 15) is 13.2 Å². The van der Waals surface area contributed by atoms with E-state index < -0.39 is 9.84 Å².